The van der Waals surface area contributed by atoms with Crippen molar-refractivity contribution in [2.45, 2.75) is 12.1 Å². The number of anilines is 1. The number of nitrogens with one attached hydrogen (secondary N) is 2. The van der Waals surface area contributed by atoms with Gasteiger partial charge in [-0.25, -0.2) is 9.37 Å². The molecule has 8 heteroatoms. The van der Waals surface area contributed by atoms with E-state index in [-0.39, 0.29) is 17.5 Å². The number of hydrogen-bond acceptors (Lipinski definition) is 5. The van der Waals surface area contributed by atoms with Crippen LogP contribution >= 0.6 is 11.8 Å². The third kappa shape index (κ3) is 3.23. The molecule has 0 aliphatic rings. The highest BCUT2D eigenvalue weighted by Crippen LogP contribution is 2.24. The van der Waals surface area contributed by atoms with E-state index in [1.54, 1.807) is 6.07 Å². The topological polar surface area (TPSA) is 83.6 Å². The molecule has 26 heavy (non-hydrogen) atoms. The highest BCUT2D eigenvalue weighted by Gasteiger charge is 2.12. The summed E-state index contributed by atoms with van der Waals surface area (Å²) in [6.45, 7) is 1.93. The maximum Gasteiger partial charge on any atom is 0.234 e. The molecule has 0 fully saturated rings. The Bertz CT molecular complexity index is 1130. The summed E-state index contributed by atoms with van der Waals surface area (Å²) in [4.78, 5) is 19.6. The summed E-state index contributed by atoms with van der Waals surface area (Å²) in [5, 5.41) is 12.0. The number of halogens is 1. The highest BCUT2D eigenvalue weighted by molar-refractivity contribution is 7.99. The van der Waals surface area contributed by atoms with E-state index < -0.39 is 0 Å². The minimum Gasteiger partial charge on any atom is -0.338 e. The average molecular weight is 367 g/mol. The second kappa shape index (κ2) is 6.72. The second-order valence-corrected chi connectivity index (χ2v) is 6.70. The molecule has 130 valence electrons. The Balaban J connectivity index is 1.50. The van der Waals surface area contributed by atoms with Crippen LogP contribution in [0.25, 0.3) is 22.1 Å². The molecule has 2 aromatic heterocycles. The lowest BCUT2D eigenvalue weighted by Gasteiger charge is -2.07. The van der Waals surface area contributed by atoms with Gasteiger partial charge >= 0.3 is 0 Å². The summed E-state index contributed by atoms with van der Waals surface area (Å²) in [7, 11) is 0. The van der Waals surface area contributed by atoms with Gasteiger partial charge in [-0.1, -0.05) is 30.0 Å². The fraction of sp³-hybridized carbons (Fsp3) is 0.111. The second-order valence-electron chi connectivity index (χ2n) is 5.76. The number of aromatic nitrogens is 4. The molecule has 0 spiro atoms. The number of para-hydroxylation sites is 1. The largest absolute Gasteiger partial charge is 0.338 e. The molecule has 0 aliphatic heterocycles. The summed E-state index contributed by atoms with van der Waals surface area (Å²) in [6, 6.07) is 12.0. The maximum absolute atomic E-state index is 13.4. The molecule has 0 bridgehead atoms. The maximum atomic E-state index is 13.4. The fourth-order valence-electron chi connectivity index (χ4n) is 2.62. The van der Waals surface area contributed by atoms with Gasteiger partial charge in [0, 0.05) is 16.6 Å². The lowest BCUT2D eigenvalue weighted by Crippen LogP contribution is -2.15. The van der Waals surface area contributed by atoms with Crippen molar-refractivity contribution in [2.75, 3.05) is 11.1 Å². The van der Waals surface area contributed by atoms with Crippen molar-refractivity contribution in [3.8, 4) is 0 Å². The summed E-state index contributed by atoms with van der Waals surface area (Å²) in [5.41, 5.74) is 3.54. The zero-order valence-corrected chi connectivity index (χ0v) is 14.6. The molecule has 2 aromatic carbocycles. The van der Waals surface area contributed by atoms with Crippen molar-refractivity contribution >= 4 is 45.4 Å². The third-order valence-corrected chi connectivity index (χ3v) is 4.75. The first-order valence-corrected chi connectivity index (χ1v) is 8.88. The molecular weight excluding hydrogens is 353 g/mol. The number of H-pyrrole nitrogens is 1. The van der Waals surface area contributed by atoms with Crippen molar-refractivity contribution in [1.29, 1.82) is 0 Å². The van der Waals surface area contributed by atoms with Crippen LogP contribution in [0.15, 0.2) is 47.6 Å². The van der Waals surface area contributed by atoms with Gasteiger partial charge in [0.25, 0.3) is 0 Å². The Labute approximate surface area is 152 Å². The lowest BCUT2D eigenvalue weighted by atomic mass is 10.2. The van der Waals surface area contributed by atoms with Crippen LogP contribution in [-0.2, 0) is 4.79 Å². The van der Waals surface area contributed by atoms with E-state index in [4.69, 9.17) is 0 Å². The number of amides is 1. The molecule has 0 atom stereocenters. The number of fused-ring (bicyclic) bond motifs is 3. The Morgan fingerprint density at radius 3 is 2.92 bits per heavy atom. The van der Waals surface area contributed by atoms with E-state index in [0.717, 1.165) is 16.8 Å². The van der Waals surface area contributed by atoms with E-state index >= 15 is 0 Å². The Kier molecular flexibility index (Phi) is 4.26. The smallest absolute Gasteiger partial charge is 0.234 e. The van der Waals surface area contributed by atoms with Gasteiger partial charge in [-0.15, -0.1) is 10.2 Å². The molecule has 0 radical (unpaired) electrons. The first-order valence-electron chi connectivity index (χ1n) is 7.90. The Morgan fingerprint density at radius 2 is 2.08 bits per heavy atom. The Hall–Kier alpha value is -3.00. The summed E-state index contributed by atoms with van der Waals surface area (Å²) >= 11 is 1.19. The molecule has 0 aliphatic carbocycles. The standard InChI is InChI=1S/C18H14FN5OS/c1-10-4-2-3-5-13(10)20-15(25)9-26-18-22-17-16(23-24-18)12-8-11(19)6-7-14(12)21-17/h2-8H,9H2,1H3,(H,20,25)(H,21,22,24). The van der Waals surface area contributed by atoms with Crippen LogP contribution in [0, 0.1) is 12.7 Å². The zero-order valence-electron chi connectivity index (χ0n) is 13.8. The zero-order chi connectivity index (χ0) is 18.1. The molecule has 6 nitrogen and oxygen atoms in total. The van der Waals surface area contributed by atoms with Crippen molar-refractivity contribution in [2.24, 2.45) is 0 Å². The average Bonchev–Trinajstić information content (AvgIpc) is 2.99. The monoisotopic (exact) mass is 367 g/mol. The van der Waals surface area contributed by atoms with Gasteiger partial charge in [-0.2, -0.15) is 0 Å². The first kappa shape index (κ1) is 16.5. The highest BCUT2D eigenvalue weighted by atomic mass is 32.2. The number of aromatic amines is 1. The van der Waals surface area contributed by atoms with Crippen LogP contribution in [-0.4, -0.2) is 31.8 Å². The predicted octanol–water partition coefficient (Wildman–Crippen LogP) is 3.68. The van der Waals surface area contributed by atoms with E-state index in [9.17, 15) is 9.18 Å². The van der Waals surface area contributed by atoms with Crippen molar-refractivity contribution in [1.82, 2.24) is 20.2 Å². The third-order valence-electron chi connectivity index (χ3n) is 3.91. The molecule has 0 saturated heterocycles. The number of benzene rings is 2. The molecule has 4 aromatic rings. The van der Waals surface area contributed by atoms with Crippen LogP contribution in [0.3, 0.4) is 0 Å². The van der Waals surface area contributed by atoms with E-state index in [0.29, 0.717) is 21.7 Å². The van der Waals surface area contributed by atoms with Gasteiger partial charge in [0.2, 0.25) is 11.1 Å². The summed E-state index contributed by atoms with van der Waals surface area (Å²) < 4.78 is 13.4. The minimum absolute atomic E-state index is 0.147. The predicted molar refractivity (Wildman–Crippen MR) is 99.7 cm³/mol. The van der Waals surface area contributed by atoms with Crippen molar-refractivity contribution in [3.63, 3.8) is 0 Å². The summed E-state index contributed by atoms with van der Waals surface area (Å²) in [6.07, 6.45) is 0. The number of hydrogen-bond donors (Lipinski definition) is 2. The van der Waals surface area contributed by atoms with E-state index in [1.807, 2.05) is 31.2 Å². The minimum atomic E-state index is -0.341. The van der Waals surface area contributed by atoms with Crippen molar-refractivity contribution in [3.05, 3.63) is 53.8 Å². The molecule has 2 N–H and O–H groups in total. The first-order chi connectivity index (χ1) is 12.6. The number of rotatable bonds is 4. The van der Waals surface area contributed by atoms with Crippen LogP contribution in [0.2, 0.25) is 0 Å². The van der Waals surface area contributed by atoms with Crippen LogP contribution in [0.5, 0.6) is 0 Å². The van der Waals surface area contributed by atoms with Crippen LogP contribution in [0.1, 0.15) is 5.56 Å². The van der Waals surface area contributed by atoms with Gasteiger partial charge < -0.3 is 10.3 Å². The van der Waals surface area contributed by atoms with E-state index in [1.165, 1.54) is 23.9 Å². The lowest BCUT2D eigenvalue weighted by molar-refractivity contribution is -0.113. The number of thioether (sulfide) groups is 1. The number of aryl methyl sites for hydroxylation is 1. The van der Waals surface area contributed by atoms with Gasteiger partial charge in [0.15, 0.2) is 5.65 Å². The Morgan fingerprint density at radius 1 is 1.23 bits per heavy atom. The number of carbonyl (C=O) groups is 1. The molecule has 0 saturated carbocycles. The number of carbonyl (C=O) groups excluding carboxylic acids is 1. The number of nitrogens with zero attached hydrogens (tertiary/aromatic N) is 3. The molecule has 0 unspecified atom stereocenters. The molecule has 4 rings (SSSR count). The SMILES string of the molecule is Cc1ccccc1NC(=O)CSc1nnc2c(n1)[nH]c1ccc(F)cc12. The van der Waals surface area contributed by atoms with Gasteiger partial charge in [0.05, 0.1) is 5.75 Å². The van der Waals surface area contributed by atoms with Crippen LogP contribution in [0.4, 0.5) is 10.1 Å². The van der Waals surface area contributed by atoms with Crippen LogP contribution < -0.4 is 5.32 Å². The normalized spacial score (nSPS) is 11.2. The van der Waals surface area contributed by atoms with Crippen molar-refractivity contribution < 1.29 is 9.18 Å². The van der Waals surface area contributed by atoms with Gasteiger partial charge in [-0.05, 0) is 36.8 Å². The summed E-state index contributed by atoms with van der Waals surface area (Å²) in [5.74, 6) is -0.325. The van der Waals surface area contributed by atoms with E-state index in [2.05, 4.69) is 25.5 Å². The fourth-order valence-corrected chi connectivity index (χ4v) is 3.21. The van der Waals surface area contributed by atoms with Gasteiger partial charge in [0.1, 0.15) is 11.3 Å². The molecule has 1 amide bonds. The molecular formula is C18H14FN5OS. The molecule has 2 heterocycles. The van der Waals surface area contributed by atoms with Gasteiger partial charge in [-0.3, -0.25) is 4.79 Å². The quantitative estimate of drug-likeness (QED) is 0.538.